The molecule has 0 fully saturated rings. The van der Waals surface area contributed by atoms with E-state index in [-0.39, 0.29) is 11.7 Å². The van der Waals surface area contributed by atoms with Gasteiger partial charge < -0.3 is 13.9 Å². The number of fused-ring (bicyclic) bond motifs is 1. The smallest absolute Gasteiger partial charge is 0.336 e. The molecule has 0 saturated carbocycles. The minimum atomic E-state index is -0.389. The molecule has 0 aliphatic carbocycles. The first-order valence-corrected chi connectivity index (χ1v) is 9.50. The first kappa shape index (κ1) is 18.8. The summed E-state index contributed by atoms with van der Waals surface area (Å²) in [5, 5.41) is 0.868. The van der Waals surface area contributed by atoms with Crippen LogP contribution in [0.5, 0.6) is 11.5 Å². The zero-order valence-corrected chi connectivity index (χ0v) is 16.6. The molecule has 0 aliphatic heterocycles. The first-order valence-electron chi connectivity index (χ1n) is 9.50. The first-order chi connectivity index (χ1) is 14.1. The van der Waals surface area contributed by atoms with Gasteiger partial charge in [-0.05, 0) is 54.8 Å². The maximum atomic E-state index is 12.3. The van der Waals surface area contributed by atoms with Crippen LogP contribution in [-0.2, 0) is 0 Å². The Bertz CT molecular complexity index is 1190. The summed E-state index contributed by atoms with van der Waals surface area (Å²) < 4.78 is 17.0. The van der Waals surface area contributed by atoms with Crippen LogP contribution in [-0.4, -0.2) is 7.11 Å². The van der Waals surface area contributed by atoms with E-state index in [4.69, 9.17) is 13.9 Å². The molecule has 0 bridgehead atoms. The molecule has 4 nitrogen and oxygen atoms in total. The molecule has 4 heteroatoms. The van der Waals surface area contributed by atoms with Gasteiger partial charge in [-0.15, -0.1) is 0 Å². The predicted octanol–water partition coefficient (Wildman–Crippen LogP) is 5.92. The van der Waals surface area contributed by atoms with E-state index in [2.05, 4.69) is 0 Å². The second kappa shape index (κ2) is 7.84. The summed E-state index contributed by atoms with van der Waals surface area (Å²) in [4.78, 5) is 12.3. The van der Waals surface area contributed by atoms with Gasteiger partial charge in [0.15, 0.2) is 0 Å². The number of benzene rings is 3. The summed E-state index contributed by atoms with van der Waals surface area (Å²) in [6, 6.07) is 23.0. The molecule has 4 rings (SSSR count). The van der Waals surface area contributed by atoms with Crippen LogP contribution in [0.4, 0.5) is 0 Å². The molecule has 1 aromatic heterocycles. The number of hydrogen-bond acceptors (Lipinski definition) is 4. The number of methoxy groups -OCH3 is 1. The highest BCUT2D eigenvalue weighted by molar-refractivity contribution is 5.95. The summed E-state index contributed by atoms with van der Waals surface area (Å²) in [6.45, 7) is 3.92. The highest BCUT2D eigenvalue weighted by atomic mass is 16.5. The SMILES string of the molecule is COc1ccc(-c2cc(=O)oc3c(C)c(OC(C)c4ccccc4)ccc23)cc1. The van der Waals surface area contributed by atoms with E-state index in [0.29, 0.717) is 11.3 Å². The number of ether oxygens (including phenoxy) is 2. The molecule has 29 heavy (non-hydrogen) atoms. The quantitative estimate of drug-likeness (QED) is 0.400. The number of aryl methyl sites for hydroxylation is 1. The van der Waals surface area contributed by atoms with Gasteiger partial charge in [0.05, 0.1) is 7.11 Å². The Kier molecular flexibility index (Phi) is 5.09. The highest BCUT2D eigenvalue weighted by Gasteiger charge is 2.15. The van der Waals surface area contributed by atoms with Crippen molar-refractivity contribution in [1.82, 2.24) is 0 Å². The van der Waals surface area contributed by atoms with Crippen LogP contribution in [0.2, 0.25) is 0 Å². The molecule has 0 amide bonds. The molecule has 1 unspecified atom stereocenters. The van der Waals surface area contributed by atoms with E-state index in [1.807, 2.05) is 80.6 Å². The van der Waals surface area contributed by atoms with Crippen molar-refractivity contribution in [2.75, 3.05) is 7.11 Å². The lowest BCUT2D eigenvalue weighted by Crippen LogP contribution is -2.05. The molecule has 1 atom stereocenters. The topological polar surface area (TPSA) is 48.7 Å². The van der Waals surface area contributed by atoms with Crippen molar-refractivity contribution in [2.24, 2.45) is 0 Å². The number of rotatable bonds is 5. The Morgan fingerprint density at radius 3 is 2.34 bits per heavy atom. The zero-order valence-electron chi connectivity index (χ0n) is 16.6. The summed E-state index contributed by atoms with van der Waals surface area (Å²) in [5.74, 6) is 1.46. The molecular weight excluding hydrogens is 364 g/mol. The van der Waals surface area contributed by atoms with E-state index < -0.39 is 0 Å². The Morgan fingerprint density at radius 2 is 1.66 bits per heavy atom. The van der Waals surface area contributed by atoms with Crippen molar-refractivity contribution >= 4 is 11.0 Å². The fourth-order valence-corrected chi connectivity index (χ4v) is 3.46. The monoisotopic (exact) mass is 386 g/mol. The number of hydrogen-bond donors (Lipinski definition) is 0. The summed E-state index contributed by atoms with van der Waals surface area (Å²) in [5.41, 5.74) is 3.79. The molecule has 3 aromatic carbocycles. The minimum Gasteiger partial charge on any atom is -0.497 e. The van der Waals surface area contributed by atoms with Crippen molar-refractivity contribution in [2.45, 2.75) is 20.0 Å². The van der Waals surface area contributed by atoms with Crippen molar-refractivity contribution < 1.29 is 13.9 Å². The lowest BCUT2D eigenvalue weighted by atomic mass is 10.00. The fraction of sp³-hybridized carbons (Fsp3) is 0.160. The average Bonchev–Trinajstić information content (AvgIpc) is 2.76. The van der Waals surface area contributed by atoms with Crippen molar-refractivity contribution in [1.29, 1.82) is 0 Å². The second-order valence-corrected chi connectivity index (χ2v) is 6.94. The average molecular weight is 386 g/mol. The predicted molar refractivity (Wildman–Crippen MR) is 115 cm³/mol. The molecule has 0 spiro atoms. The minimum absolute atomic E-state index is 0.121. The van der Waals surface area contributed by atoms with Gasteiger partial charge in [0.25, 0.3) is 0 Å². The van der Waals surface area contributed by atoms with Crippen LogP contribution >= 0.6 is 0 Å². The van der Waals surface area contributed by atoms with Crippen LogP contribution in [0, 0.1) is 6.92 Å². The van der Waals surface area contributed by atoms with Crippen LogP contribution in [0.1, 0.15) is 24.2 Å². The standard InChI is InChI=1S/C25H22O4/c1-16-23(28-17(2)18-7-5-4-6-8-18)14-13-21-22(15-24(26)29-25(16)21)19-9-11-20(27-3)12-10-19/h4-15,17H,1-3H3. The van der Waals surface area contributed by atoms with Crippen LogP contribution in [0.3, 0.4) is 0 Å². The Morgan fingerprint density at radius 1 is 0.931 bits per heavy atom. The third-order valence-corrected chi connectivity index (χ3v) is 5.08. The van der Waals surface area contributed by atoms with E-state index in [0.717, 1.165) is 33.4 Å². The molecule has 1 heterocycles. The van der Waals surface area contributed by atoms with Gasteiger partial charge in [-0.1, -0.05) is 42.5 Å². The van der Waals surface area contributed by atoms with Gasteiger partial charge in [-0.3, -0.25) is 0 Å². The highest BCUT2D eigenvalue weighted by Crippen LogP contribution is 2.35. The van der Waals surface area contributed by atoms with E-state index in [1.165, 1.54) is 6.07 Å². The van der Waals surface area contributed by atoms with Gasteiger partial charge in [0, 0.05) is 17.0 Å². The third kappa shape index (κ3) is 3.74. The second-order valence-electron chi connectivity index (χ2n) is 6.94. The molecule has 0 aliphatic rings. The van der Waals surface area contributed by atoms with Crippen LogP contribution in [0.15, 0.2) is 82.0 Å². The molecule has 4 aromatic rings. The van der Waals surface area contributed by atoms with Crippen molar-refractivity contribution in [3.05, 3.63) is 94.3 Å². The van der Waals surface area contributed by atoms with E-state index >= 15 is 0 Å². The zero-order chi connectivity index (χ0) is 20.4. The van der Waals surface area contributed by atoms with Gasteiger partial charge in [0.2, 0.25) is 0 Å². The lowest BCUT2D eigenvalue weighted by molar-refractivity contribution is 0.225. The molecular formula is C25H22O4. The molecule has 146 valence electrons. The maximum absolute atomic E-state index is 12.3. The van der Waals surface area contributed by atoms with E-state index in [9.17, 15) is 4.79 Å². The summed E-state index contributed by atoms with van der Waals surface area (Å²) in [6.07, 6.45) is -0.121. The Labute approximate surface area is 169 Å². The van der Waals surface area contributed by atoms with Crippen LogP contribution < -0.4 is 15.1 Å². The molecule has 0 N–H and O–H groups in total. The lowest BCUT2D eigenvalue weighted by Gasteiger charge is -2.18. The third-order valence-electron chi connectivity index (χ3n) is 5.08. The largest absolute Gasteiger partial charge is 0.497 e. The van der Waals surface area contributed by atoms with E-state index in [1.54, 1.807) is 7.11 Å². The van der Waals surface area contributed by atoms with Crippen LogP contribution in [0.25, 0.3) is 22.1 Å². The summed E-state index contributed by atoms with van der Waals surface area (Å²) >= 11 is 0. The Balaban J connectivity index is 1.77. The van der Waals surface area contributed by atoms with Gasteiger partial charge in [0.1, 0.15) is 23.2 Å². The van der Waals surface area contributed by atoms with Crippen molar-refractivity contribution in [3.63, 3.8) is 0 Å². The summed E-state index contributed by atoms with van der Waals surface area (Å²) in [7, 11) is 1.63. The maximum Gasteiger partial charge on any atom is 0.336 e. The van der Waals surface area contributed by atoms with Gasteiger partial charge >= 0.3 is 5.63 Å². The molecule has 0 radical (unpaired) electrons. The van der Waals surface area contributed by atoms with Gasteiger partial charge in [-0.2, -0.15) is 0 Å². The molecule has 0 saturated heterocycles. The Hall–Kier alpha value is -3.53. The fourth-order valence-electron chi connectivity index (χ4n) is 3.46. The van der Waals surface area contributed by atoms with Gasteiger partial charge in [-0.25, -0.2) is 4.79 Å². The normalized spacial score (nSPS) is 12.0. The van der Waals surface area contributed by atoms with Crippen molar-refractivity contribution in [3.8, 4) is 22.6 Å².